The summed E-state index contributed by atoms with van der Waals surface area (Å²) in [6, 6.07) is 1.81. The van der Waals surface area contributed by atoms with E-state index < -0.39 is 41.0 Å². The average molecular weight is 596 g/mol. The number of piperazine rings is 1. The normalized spacial score (nSPS) is 24.8. The summed E-state index contributed by atoms with van der Waals surface area (Å²) < 4.78 is 78.3. The van der Waals surface area contributed by atoms with Gasteiger partial charge >= 0.3 is 6.18 Å². The maximum Gasteiger partial charge on any atom is 0.417 e. The fourth-order valence-electron chi connectivity index (χ4n) is 6.43. The molecule has 0 spiro atoms. The second kappa shape index (κ2) is 11.0. The molecule has 4 atom stereocenters. The Labute approximate surface area is 239 Å². The number of rotatable bonds is 5. The van der Waals surface area contributed by atoms with Gasteiger partial charge in [0.1, 0.15) is 11.6 Å². The van der Waals surface area contributed by atoms with E-state index >= 15 is 4.39 Å². The fourth-order valence-corrected chi connectivity index (χ4v) is 7.75. The highest BCUT2D eigenvalue weighted by atomic mass is 32.2. The van der Waals surface area contributed by atoms with Crippen molar-refractivity contribution in [2.75, 3.05) is 37.5 Å². The van der Waals surface area contributed by atoms with Gasteiger partial charge in [0, 0.05) is 72.6 Å². The summed E-state index contributed by atoms with van der Waals surface area (Å²) in [4.78, 5) is 31.5. The molecule has 3 heterocycles. The Kier molecular flexibility index (Phi) is 7.95. The highest BCUT2D eigenvalue weighted by Gasteiger charge is 2.48. The fraction of sp³-hybridized carbons (Fsp3) is 0.448. The lowest BCUT2D eigenvalue weighted by molar-refractivity contribution is -0.138. The lowest BCUT2D eigenvalue weighted by atomic mass is 9.86. The number of hydrogen-bond donors (Lipinski definition) is 0. The Morgan fingerprint density at radius 3 is 2.44 bits per heavy atom. The SMILES string of the molecule is C=CC(=O)N1[C@H](C)CN(C2CC(=O)N3c4c2cc(C(F)(F)F)c(-c2ccc(F)cc2F)c4SC[C@@H]3COC)C[C@@H]1C. The first-order chi connectivity index (χ1) is 19.4. The zero-order chi connectivity index (χ0) is 29.8. The number of amides is 2. The first kappa shape index (κ1) is 29.5. The van der Waals surface area contributed by atoms with Gasteiger partial charge < -0.3 is 14.5 Å². The van der Waals surface area contributed by atoms with Crippen LogP contribution in [0, 0.1) is 11.6 Å². The maximum absolute atomic E-state index is 15.1. The Morgan fingerprint density at radius 2 is 1.85 bits per heavy atom. The smallest absolute Gasteiger partial charge is 0.383 e. The first-order valence-corrected chi connectivity index (χ1v) is 14.2. The minimum absolute atomic E-state index is 0.0618. The number of carbonyl (C=O) groups excluding carboxylic acids is 2. The van der Waals surface area contributed by atoms with Crippen LogP contribution in [0.5, 0.6) is 0 Å². The van der Waals surface area contributed by atoms with E-state index in [0.29, 0.717) is 30.4 Å². The average Bonchev–Trinajstić information content (AvgIpc) is 2.90. The van der Waals surface area contributed by atoms with Crippen molar-refractivity contribution in [1.82, 2.24) is 9.80 Å². The molecule has 1 unspecified atom stereocenters. The molecule has 5 rings (SSSR count). The van der Waals surface area contributed by atoms with Crippen LogP contribution < -0.4 is 4.90 Å². The van der Waals surface area contributed by atoms with Crippen LogP contribution in [0.2, 0.25) is 0 Å². The van der Waals surface area contributed by atoms with Gasteiger partial charge in [-0.05, 0) is 43.7 Å². The molecule has 2 amide bonds. The third-order valence-electron chi connectivity index (χ3n) is 7.99. The molecular weight excluding hydrogens is 565 g/mol. The Bertz CT molecular complexity index is 1390. The summed E-state index contributed by atoms with van der Waals surface area (Å²) >= 11 is 1.11. The molecule has 3 aliphatic heterocycles. The van der Waals surface area contributed by atoms with E-state index in [0.717, 1.165) is 30.0 Å². The molecule has 12 heteroatoms. The Morgan fingerprint density at radius 1 is 1.17 bits per heavy atom. The molecule has 220 valence electrons. The summed E-state index contributed by atoms with van der Waals surface area (Å²) in [5.74, 6) is -2.31. The second-order valence-corrected chi connectivity index (χ2v) is 11.7. The standard InChI is InChI=1S/C29H30F5N3O3S/c1-5-24(38)36-15(2)11-35(12-16(36)3)23-10-25(39)37-18(13-40-4)14-41-28-26(19-7-6-17(30)8-22(19)31)21(29(32,33)34)9-20(23)27(28)37/h5-9,15-16,18,23H,1,10-14H2,2-4H3/t15-,16+,18-,23?/m0/s1. The zero-order valence-corrected chi connectivity index (χ0v) is 23.6. The maximum atomic E-state index is 15.1. The summed E-state index contributed by atoms with van der Waals surface area (Å²) in [7, 11) is 1.48. The highest BCUT2D eigenvalue weighted by Crippen LogP contribution is 2.55. The Hall–Kier alpha value is -2.96. The van der Waals surface area contributed by atoms with Crippen molar-refractivity contribution in [3.63, 3.8) is 0 Å². The molecule has 0 N–H and O–H groups in total. The van der Waals surface area contributed by atoms with Gasteiger partial charge in [0.2, 0.25) is 11.8 Å². The number of halogens is 5. The van der Waals surface area contributed by atoms with Crippen LogP contribution in [0.25, 0.3) is 11.1 Å². The van der Waals surface area contributed by atoms with Crippen LogP contribution >= 0.6 is 11.8 Å². The van der Waals surface area contributed by atoms with Crippen molar-refractivity contribution in [1.29, 1.82) is 0 Å². The lowest BCUT2D eigenvalue weighted by Gasteiger charge is -2.50. The van der Waals surface area contributed by atoms with Crippen molar-refractivity contribution >= 4 is 29.3 Å². The van der Waals surface area contributed by atoms with Crippen LogP contribution in [0.3, 0.4) is 0 Å². The molecule has 0 radical (unpaired) electrons. The van der Waals surface area contributed by atoms with Crippen molar-refractivity contribution in [2.24, 2.45) is 0 Å². The molecule has 1 saturated heterocycles. The van der Waals surface area contributed by atoms with Gasteiger partial charge in [-0.25, -0.2) is 8.78 Å². The molecule has 0 saturated carbocycles. The molecule has 1 fully saturated rings. The molecular formula is C29H30F5N3O3S. The molecule has 3 aliphatic rings. The number of anilines is 1. The summed E-state index contributed by atoms with van der Waals surface area (Å²) in [6.45, 7) is 8.10. The number of carbonyl (C=O) groups is 2. The summed E-state index contributed by atoms with van der Waals surface area (Å²) in [5.41, 5.74) is -1.22. The summed E-state index contributed by atoms with van der Waals surface area (Å²) in [5, 5.41) is 0. The van der Waals surface area contributed by atoms with E-state index in [-0.39, 0.29) is 53.1 Å². The largest absolute Gasteiger partial charge is 0.417 e. The van der Waals surface area contributed by atoms with Gasteiger partial charge in [-0.2, -0.15) is 13.2 Å². The van der Waals surface area contributed by atoms with Crippen LogP contribution in [-0.4, -0.2) is 72.3 Å². The van der Waals surface area contributed by atoms with E-state index in [2.05, 4.69) is 6.58 Å². The van der Waals surface area contributed by atoms with E-state index in [1.54, 1.807) is 4.90 Å². The predicted octanol–water partition coefficient (Wildman–Crippen LogP) is 5.66. The van der Waals surface area contributed by atoms with Crippen molar-refractivity contribution in [3.8, 4) is 11.1 Å². The zero-order valence-electron chi connectivity index (χ0n) is 22.8. The quantitative estimate of drug-likeness (QED) is 0.330. The highest BCUT2D eigenvalue weighted by molar-refractivity contribution is 7.99. The topological polar surface area (TPSA) is 53.1 Å². The van der Waals surface area contributed by atoms with Gasteiger partial charge in [-0.1, -0.05) is 6.58 Å². The number of methoxy groups -OCH3 is 1. The van der Waals surface area contributed by atoms with Crippen LogP contribution in [0.15, 0.2) is 41.8 Å². The van der Waals surface area contributed by atoms with E-state index in [4.69, 9.17) is 4.74 Å². The first-order valence-electron chi connectivity index (χ1n) is 13.2. The molecule has 2 aromatic rings. The van der Waals surface area contributed by atoms with E-state index in [1.807, 2.05) is 18.7 Å². The lowest BCUT2D eigenvalue weighted by Crippen LogP contribution is -2.60. The van der Waals surface area contributed by atoms with Gasteiger partial charge in [-0.3, -0.25) is 14.5 Å². The molecule has 0 bridgehead atoms. The van der Waals surface area contributed by atoms with Gasteiger partial charge in [0.15, 0.2) is 0 Å². The van der Waals surface area contributed by atoms with Crippen molar-refractivity contribution < 1.29 is 36.3 Å². The number of benzene rings is 2. The van der Waals surface area contributed by atoms with E-state index in [9.17, 15) is 27.2 Å². The number of thioether (sulfide) groups is 1. The third-order valence-corrected chi connectivity index (χ3v) is 9.23. The number of nitrogens with zero attached hydrogens (tertiary/aromatic N) is 3. The van der Waals surface area contributed by atoms with Crippen molar-refractivity contribution in [3.05, 3.63) is 59.7 Å². The molecule has 0 aliphatic carbocycles. The monoisotopic (exact) mass is 595 g/mol. The minimum atomic E-state index is -4.86. The predicted molar refractivity (Wildman–Crippen MR) is 146 cm³/mol. The molecule has 6 nitrogen and oxygen atoms in total. The van der Waals surface area contributed by atoms with Gasteiger partial charge in [-0.15, -0.1) is 11.8 Å². The van der Waals surface area contributed by atoms with E-state index in [1.165, 1.54) is 18.1 Å². The Balaban J connectivity index is 1.73. The third kappa shape index (κ3) is 5.14. The van der Waals surface area contributed by atoms with Crippen LogP contribution in [0.4, 0.5) is 27.6 Å². The van der Waals surface area contributed by atoms with Crippen LogP contribution in [0.1, 0.15) is 37.4 Å². The second-order valence-electron chi connectivity index (χ2n) is 10.7. The number of ether oxygens (including phenoxy) is 1. The van der Waals surface area contributed by atoms with Crippen LogP contribution in [-0.2, 0) is 20.5 Å². The van der Waals surface area contributed by atoms with Gasteiger partial charge in [0.25, 0.3) is 0 Å². The summed E-state index contributed by atoms with van der Waals surface area (Å²) in [6.07, 6.45) is -3.69. The van der Waals surface area contributed by atoms with Gasteiger partial charge in [0.05, 0.1) is 23.9 Å². The molecule has 0 aromatic heterocycles. The number of hydrogen-bond acceptors (Lipinski definition) is 5. The number of alkyl halides is 3. The molecule has 41 heavy (non-hydrogen) atoms. The minimum Gasteiger partial charge on any atom is -0.383 e. The molecule has 2 aromatic carbocycles. The van der Waals surface area contributed by atoms with Crippen molar-refractivity contribution in [2.45, 2.75) is 55.5 Å².